The number of pyridine rings is 1. The molecule has 0 fully saturated rings. The van der Waals surface area contributed by atoms with E-state index in [0.29, 0.717) is 15.9 Å². The van der Waals surface area contributed by atoms with Gasteiger partial charge in [0.1, 0.15) is 5.82 Å². The zero-order valence-corrected chi connectivity index (χ0v) is 13.6. The van der Waals surface area contributed by atoms with Crippen molar-refractivity contribution in [1.82, 2.24) is 4.98 Å². The molecule has 1 aromatic heterocycles. The maximum Gasteiger partial charge on any atom is 0.149 e. The minimum Gasteiger partial charge on any atom is -0.338 e. The van der Waals surface area contributed by atoms with Crippen LogP contribution in [0.4, 0.5) is 11.5 Å². The van der Waals surface area contributed by atoms with Crippen LogP contribution in [0.5, 0.6) is 0 Å². The molecule has 6 heteroatoms. The maximum atomic E-state index is 6.12. The third-order valence-electron chi connectivity index (χ3n) is 1.99. The number of hydrogen-bond acceptors (Lipinski definition) is 2. The van der Waals surface area contributed by atoms with Crippen molar-refractivity contribution in [2.24, 2.45) is 0 Å². The Morgan fingerprint density at radius 1 is 1.18 bits per heavy atom. The molecule has 88 valence electrons. The van der Waals surface area contributed by atoms with Crippen molar-refractivity contribution in [2.45, 2.75) is 0 Å². The minimum absolute atomic E-state index is 0.536. The number of aromatic nitrogens is 1. The van der Waals surface area contributed by atoms with Gasteiger partial charge >= 0.3 is 0 Å². The summed E-state index contributed by atoms with van der Waals surface area (Å²) in [5, 5.41) is 4.27. The molecule has 0 atom stereocenters. The fourth-order valence-corrected chi connectivity index (χ4v) is 2.80. The highest BCUT2D eigenvalue weighted by Crippen LogP contribution is 2.30. The summed E-state index contributed by atoms with van der Waals surface area (Å²) in [5.74, 6) is 0.581. The van der Waals surface area contributed by atoms with E-state index >= 15 is 0 Å². The maximum absolute atomic E-state index is 6.12. The van der Waals surface area contributed by atoms with Crippen LogP contribution in [-0.4, -0.2) is 4.98 Å². The lowest BCUT2D eigenvalue weighted by molar-refractivity contribution is 1.29. The molecule has 0 unspecified atom stereocenters. The number of hydrogen-bond donors (Lipinski definition) is 1. The quantitative estimate of drug-likeness (QED) is 0.620. The van der Waals surface area contributed by atoms with Crippen LogP contribution in [0, 0.1) is 3.57 Å². The summed E-state index contributed by atoms with van der Waals surface area (Å²) >= 11 is 17.7. The Labute approximate surface area is 131 Å². The first-order valence-corrected chi connectivity index (χ1v) is 7.22. The SMILES string of the molecule is Clc1cc(I)ccc1Nc1ncc(Br)cc1Cl. The minimum atomic E-state index is 0.536. The largest absolute Gasteiger partial charge is 0.338 e. The monoisotopic (exact) mass is 442 g/mol. The van der Waals surface area contributed by atoms with Crippen LogP contribution in [0.15, 0.2) is 34.9 Å². The Bertz CT molecular complexity index is 514. The molecular formula is C11H6BrCl2IN2. The predicted octanol–water partition coefficient (Wildman–Crippen LogP) is 5.50. The molecule has 0 radical (unpaired) electrons. The lowest BCUT2D eigenvalue weighted by Crippen LogP contribution is -1.95. The molecule has 0 aliphatic carbocycles. The number of halogens is 4. The number of rotatable bonds is 2. The molecule has 1 heterocycles. The van der Waals surface area contributed by atoms with Crippen LogP contribution in [0.3, 0.4) is 0 Å². The highest BCUT2D eigenvalue weighted by atomic mass is 127. The molecule has 0 saturated heterocycles. The van der Waals surface area contributed by atoms with Gasteiger partial charge in [0.05, 0.1) is 15.7 Å². The van der Waals surface area contributed by atoms with Gasteiger partial charge in [0.25, 0.3) is 0 Å². The van der Waals surface area contributed by atoms with Crippen LogP contribution in [0.1, 0.15) is 0 Å². The van der Waals surface area contributed by atoms with Gasteiger partial charge in [0.2, 0.25) is 0 Å². The number of anilines is 2. The standard InChI is InChI=1S/C11H6BrCl2IN2/c12-6-3-9(14)11(16-5-6)17-10-2-1-7(15)4-8(10)13/h1-5H,(H,16,17). The van der Waals surface area contributed by atoms with Gasteiger partial charge in [0.15, 0.2) is 0 Å². The number of benzene rings is 1. The average Bonchev–Trinajstić information content (AvgIpc) is 2.25. The van der Waals surface area contributed by atoms with Gasteiger partial charge < -0.3 is 5.32 Å². The van der Waals surface area contributed by atoms with Gasteiger partial charge in [-0.1, -0.05) is 23.2 Å². The summed E-state index contributed by atoms with van der Waals surface area (Å²) < 4.78 is 1.91. The zero-order chi connectivity index (χ0) is 12.4. The Kier molecular flexibility index (Phi) is 4.52. The van der Waals surface area contributed by atoms with E-state index in [0.717, 1.165) is 13.7 Å². The predicted molar refractivity (Wildman–Crippen MR) is 84.4 cm³/mol. The van der Waals surface area contributed by atoms with Gasteiger partial charge in [-0.05, 0) is 62.8 Å². The molecule has 2 nitrogen and oxygen atoms in total. The summed E-state index contributed by atoms with van der Waals surface area (Å²) in [6.45, 7) is 0. The summed E-state index contributed by atoms with van der Waals surface area (Å²) in [7, 11) is 0. The van der Waals surface area contributed by atoms with E-state index in [9.17, 15) is 0 Å². The topological polar surface area (TPSA) is 24.9 Å². The van der Waals surface area contributed by atoms with E-state index in [4.69, 9.17) is 23.2 Å². The second-order valence-corrected chi connectivity index (χ2v) is 6.21. The molecule has 0 aliphatic rings. The third-order valence-corrected chi connectivity index (χ3v) is 3.70. The van der Waals surface area contributed by atoms with Crippen LogP contribution in [0.2, 0.25) is 10.0 Å². The summed E-state index contributed by atoms with van der Waals surface area (Å²) in [5.41, 5.74) is 0.781. The highest BCUT2D eigenvalue weighted by Gasteiger charge is 2.06. The first-order valence-electron chi connectivity index (χ1n) is 4.59. The molecule has 0 amide bonds. The molecular weight excluding hydrogens is 438 g/mol. The molecule has 0 spiro atoms. The molecule has 2 rings (SSSR count). The van der Waals surface area contributed by atoms with Crippen LogP contribution >= 0.6 is 61.7 Å². The van der Waals surface area contributed by atoms with E-state index in [-0.39, 0.29) is 0 Å². The highest BCUT2D eigenvalue weighted by molar-refractivity contribution is 14.1. The van der Waals surface area contributed by atoms with Gasteiger partial charge in [0, 0.05) is 14.2 Å². The van der Waals surface area contributed by atoms with E-state index in [1.54, 1.807) is 12.3 Å². The van der Waals surface area contributed by atoms with Crippen molar-refractivity contribution < 1.29 is 0 Å². The van der Waals surface area contributed by atoms with Crippen molar-refractivity contribution in [3.63, 3.8) is 0 Å². The first-order chi connectivity index (χ1) is 8.06. The van der Waals surface area contributed by atoms with Crippen molar-refractivity contribution in [3.05, 3.63) is 48.6 Å². The Morgan fingerprint density at radius 2 is 1.94 bits per heavy atom. The fraction of sp³-hybridized carbons (Fsp3) is 0. The van der Waals surface area contributed by atoms with Crippen LogP contribution < -0.4 is 5.32 Å². The Hall–Kier alpha value is -0.0400. The second kappa shape index (κ2) is 5.73. The fourth-order valence-electron chi connectivity index (χ4n) is 1.22. The molecule has 0 aliphatic heterocycles. The lowest BCUT2D eigenvalue weighted by atomic mass is 10.3. The second-order valence-electron chi connectivity index (χ2n) is 3.23. The van der Waals surface area contributed by atoms with Crippen molar-refractivity contribution in [2.75, 3.05) is 5.32 Å². The average molecular weight is 444 g/mol. The summed E-state index contributed by atoms with van der Waals surface area (Å²) in [4.78, 5) is 4.19. The van der Waals surface area contributed by atoms with Crippen molar-refractivity contribution >= 4 is 73.2 Å². The van der Waals surface area contributed by atoms with E-state index in [1.807, 2.05) is 18.2 Å². The lowest BCUT2D eigenvalue weighted by Gasteiger charge is -2.09. The number of nitrogens with one attached hydrogen (secondary N) is 1. The number of nitrogens with zero attached hydrogens (tertiary/aromatic N) is 1. The summed E-state index contributed by atoms with van der Waals surface area (Å²) in [6.07, 6.45) is 1.68. The Morgan fingerprint density at radius 3 is 2.59 bits per heavy atom. The van der Waals surface area contributed by atoms with Crippen molar-refractivity contribution in [3.8, 4) is 0 Å². The van der Waals surface area contributed by atoms with Crippen LogP contribution in [-0.2, 0) is 0 Å². The summed E-state index contributed by atoms with van der Waals surface area (Å²) in [6, 6.07) is 7.50. The first kappa shape index (κ1) is 13.4. The van der Waals surface area contributed by atoms with Gasteiger partial charge in [-0.15, -0.1) is 0 Å². The normalized spacial score (nSPS) is 10.4. The molecule has 2 aromatic rings. The molecule has 17 heavy (non-hydrogen) atoms. The van der Waals surface area contributed by atoms with E-state index in [2.05, 4.69) is 48.8 Å². The van der Waals surface area contributed by atoms with E-state index in [1.165, 1.54) is 0 Å². The Balaban J connectivity index is 2.31. The molecule has 0 saturated carbocycles. The smallest absolute Gasteiger partial charge is 0.149 e. The van der Waals surface area contributed by atoms with Crippen molar-refractivity contribution in [1.29, 1.82) is 0 Å². The van der Waals surface area contributed by atoms with Crippen LogP contribution in [0.25, 0.3) is 0 Å². The van der Waals surface area contributed by atoms with Gasteiger partial charge in [-0.2, -0.15) is 0 Å². The molecule has 1 N–H and O–H groups in total. The van der Waals surface area contributed by atoms with E-state index < -0.39 is 0 Å². The zero-order valence-electron chi connectivity index (χ0n) is 8.35. The van der Waals surface area contributed by atoms with Gasteiger partial charge in [-0.3, -0.25) is 0 Å². The molecule has 0 bridgehead atoms. The third kappa shape index (κ3) is 3.47. The molecule has 1 aromatic carbocycles. The van der Waals surface area contributed by atoms with Gasteiger partial charge in [-0.25, -0.2) is 4.98 Å².